The number of carbonyl (C=O) groups excluding carboxylic acids is 1. The van der Waals surface area contributed by atoms with E-state index in [1.807, 2.05) is 25.1 Å². The predicted octanol–water partition coefficient (Wildman–Crippen LogP) is 5.66. The predicted molar refractivity (Wildman–Crippen MR) is 122 cm³/mol. The summed E-state index contributed by atoms with van der Waals surface area (Å²) in [6, 6.07) is 5.63. The average Bonchev–Trinajstić information content (AvgIpc) is 2.68. The number of nitrogens with one attached hydrogen (secondary N) is 1. The Morgan fingerprint density at radius 1 is 1.39 bits per heavy atom. The maximum absolute atomic E-state index is 11.8. The summed E-state index contributed by atoms with van der Waals surface area (Å²) in [5, 5.41) is 2.83. The van der Waals surface area contributed by atoms with Crippen molar-refractivity contribution in [1.82, 2.24) is 4.98 Å². The average molecular weight is 468 g/mol. The van der Waals surface area contributed by atoms with Crippen molar-refractivity contribution in [3.63, 3.8) is 0 Å². The number of nitrogens with zero attached hydrogens (tertiary/aromatic N) is 1. The van der Waals surface area contributed by atoms with Crippen LogP contribution in [0.2, 0.25) is 10.2 Å². The lowest BCUT2D eigenvalue weighted by Gasteiger charge is -2.27. The van der Waals surface area contributed by atoms with Crippen LogP contribution >= 0.6 is 23.2 Å². The molecular formula is C22H27Cl2N3O4. The number of hydrogen-bond acceptors (Lipinski definition) is 6. The molecule has 3 N–H and O–H groups in total. The number of nitrogens with two attached hydrogens (primary N) is 1. The molecule has 1 unspecified atom stereocenters. The molecule has 1 amide bonds. The van der Waals surface area contributed by atoms with Gasteiger partial charge in [0.2, 0.25) is 0 Å². The summed E-state index contributed by atoms with van der Waals surface area (Å²) >= 11 is 12.9. The Kier molecular flexibility index (Phi) is 7.19. The van der Waals surface area contributed by atoms with Crippen molar-refractivity contribution in [3.05, 3.63) is 33.9 Å². The second kappa shape index (κ2) is 9.51. The van der Waals surface area contributed by atoms with Crippen molar-refractivity contribution in [2.24, 2.45) is 11.7 Å². The molecule has 1 aliphatic rings. The van der Waals surface area contributed by atoms with E-state index in [1.165, 1.54) is 0 Å². The van der Waals surface area contributed by atoms with Crippen molar-refractivity contribution in [2.45, 2.75) is 46.3 Å². The lowest BCUT2D eigenvalue weighted by molar-refractivity contribution is 0.168. The van der Waals surface area contributed by atoms with Crippen LogP contribution in [0.15, 0.2) is 18.2 Å². The summed E-state index contributed by atoms with van der Waals surface area (Å²) in [4.78, 5) is 16.0. The number of fused-ring (bicyclic) bond motifs is 3. The van der Waals surface area contributed by atoms with Crippen molar-refractivity contribution in [1.29, 1.82) is 0 Å². The smallest absolute Gasteiger partial charge is 0.412 e. The molecule has 9 heteroatoms. The number of aromatic nitrogens is 1. The number of halogens is 2. The number of hydrogen-bond donors (Lipinski definition) is 2. The van der Waals surface area contributed by atoms with E-state index in [4.69, 9.17) is 43.1 Å². The van der Waals surface area contributed by atoms with Crippen LogP contribution in [0.5, 0.6) is 11.5 Å². The van der Waals surface area contributed by atoms with Gasteiger partial charge in [0, 0.05) is 16.7 Å². The molecule has 168 valence electrons. The van der Waals surface area contributed by atoms with Gasteiger partial charge < -0.3 is 19.9 Å². The number of ether oxygens (including phenoxy) is 3. The van der Waals surface area contributed by atoms with Crippen molar-refractivity contribution >= 4 is 35.1 Å². The van der Waals surface area contributed by atoms with Gasteiger partial charge in [-0.15, -0.1) is 0 Å². The largest absolute Gasteiger partial charge is 0.492 e. The molecule has 1 aromatic heterocycles. The van der Waals surface area contributed by atoms with Gasteiger partial charge in [-0.05, 0) is 43.9 Å². The summed E-state index contributed by atoms with van der Waals surface area (Å²) in [7, 11) is 0. The van der Waals surface area contributed by atoms with E-state index in [0.717, 1.165) is 17.5 Å². The summed E-state index contributed by atoms with van der Waals surface area (Å²) in [5.74, 6) is 1.64. The summed E-state index contributed by atoms with van der Waals surface area (Å²) in [5.41, 5.74) is 8.18. The summed E-state index contributed by atoms with van der Waals surface area (Å²) < 4.78 is 16.7. The minimum Gasteiger partial charge on any atom is -0.492 e. The fourth-order valence-corrected chi connectivity index (χ4v) is 4.16. The van der Waals surface area contributed by atoms with Gasteiger partial charge in [0.25, 0.3) is 0 Å². The first kappa shape index (κ1) is 23.4. The maximum atomic E-state index is 11.8. The quantitative estimate of drug-likeness (QED) is 0.510. The number of rotatable bonds is 7. The van der Waals surface area contributed by atoms with E-state index in [0.29, 0.717) is 29.6 Å². The van der Waals surface area contributed by atoms with E-state index >= 15 is 0 Å². The van der Waals surface area contributed by atoms with Crippen LogP contribution in [0.1, 0.15) is 39.7 Å². The first-order valence-electron chi connectivity index (χ1n) is 10.1. The van der Waals surface area contributed by atoms with E-state index in [1.54, 1.807) is 6.92 Å². The second-order valence-corrected chi connectivity index (χ2v) is 9.00. The van der Waals surface area contributed by atoms with Crippen LogP contribution in [0, 0.1) is 5.92 Å². The van der Waals surface area contributed by atoms with Crippen molar-refractivity contribution in [2.75, 3.05) is 18.5 Å². The van der Waals surface area contributed by atoms with Crippen molar-refractivity contribution in [3.8, 4) is 22.6 Å². The second-order valence-electron chi connectivity index (χ2n) is 8.26. The number of amides is 1. The van der Waals surface area contributed by atoms with E-state index in [9.17, 15) is 4.79 Å². The molecule has 1 atom stereocenters. The molecule has 0 radical (unpaired) electrons. The minimum absolute atomic E-state index is 0.102. The van der Waals surface area contributed by atoms with E-state index in [-0.39, 0.29) is 29.2 Å². The van der Waals surface area contributed by atoms with Crippen molar-refractivity contribution < 1.29 is 19.0 Å². The Balaban J connectivity index is 1.89. The Morgan fingerprint density at radius 2 is 2.13 bits per heavy atom. The first-order valence-corrected chi connectivity index (χ1v) is 10.9. The highest BCUT2D eigenvalue weighted by molar-refractivity contribution is 6.38. The number of benzene rings is 1. The third kappa shape index (κ3) is 5.53. The Labute approximate surface area is 192 Å². The number of carbonyl (C=O) groups is 1. The Bertz CT molecular complexity index is 980. The molecule has 0 saturated carbocycles. The van der Waals surface area contributed by atoms with Crippen LogP contribution < -0.4 is 20.5 Å². The number of anilines is 1. The molecule has 0 bridgehead atoms. The fraction of sp³-hybridized carbons (Fsp3) is 0.455. The molecule has 2 aromatic rings. The standard InChI is InChI=1S/C22H27Cl2N3O4/c1-5-29-21(28)27-20-17(23)16-15-7-6-14(31-11-22(4,25)9-12(2)3)8-13(15)10-30-18(16)19(24)26-20/h6-8,12H,5,9-11,25H2,1-4H3,(H,26,27,28). The Hall–Kier alpha value is -2.22. The SMILES string of the molecule is CCOC(=O)Nc1nc(Cl)c2c(c1Cl)-c1ccc(OCC(C)(N)CC(C)C)cc1CO2. The lowest BCUT2D eigenvalue weighted by atomic mass is 9.93. The molecular weight excluding hydrogens is 441 g/mol. The van der Waals surface area contributed by atoms with Crippen LogP contribution in [0.3, 0.4) is 0 Å². The van der Waals surface area contributed by atoms with E-state index in [2.05, 4.69) is 24.1 Å². The molecule has 0 fully saturated rings. The topological polar surface area (TPSA) is 95.7 Å². The molecule has 1 aliphatic heterocycles. The van der Waals surface area contributed by atoms with Crippen LogP contribution in [-0.4, -0.2) is 29.8 Å². The van der Waals surface area contributed by atoms with Gasteiger partial charge >= 0.3 is 6.09 Å². The normalized spacial score (nSPS) is 14.2. The van der Waals surface area contributed by atoms with Gasteiger partial charge in [-0.3, -0.25) is 5.32 Å². The molecule has 0 aliphatic carbocycles. The zero-order valence-corrected chi connectivity index (χ0v) is 19.6. The third-order valence-corrected chi connectivity index (χ3v) is 5.33. The summed E-state index contributed by atoms with van der Waals surface area (Å²) in [6.45, 7) is 8.85. The van der Waals surface area contributed by atoms with Crippen LogP contribution in [-0.2, 0) is 11.3 Å². The molecule has 7 nitrogen and oxygen atoms in total. The zero-order chi connectivity index (χ0) is 22.8. The molecule has 0 spiro atoms. The molecule has 31 heavy (non-hydrogen) atoms. The molecule has 3 rings (SSSR count). The monoisotopic (exact) mass is 467 g/mol. The molecule has 0 saturated heterocycles. The zero-order valence-electron chi connectivity index (χ0n) is 18.1. The van der Waals surface area contributed by atoms with Gasteiger partial charge in [-0.1, -0.05) is 43.1 Å². The van der Waals surface area contributed by atoms with Gasteiger partial charge in [0.05, 0.1) is 11.6 Å². The lowest BCUT2D eigenvalue weighted by Crippen LogP contribution is -2.43. The van der Waals surface area contributed by atoms with Gasteiger partial charge in [0.1, 0.15) is 19.0 Å². The molecule has 2 heterocycles. The minimum atomic E-state index is -0.667. The fourth-order valence-electron chi connectivity index (χ4n) is 3.65. The van der Waals surface area contributed by atoms with Gasteiger partial charge in [-0.2, -0.15) is 0 Å². The Morgan fingerprint density at radius 3 is 2.81 bits per heavy atom. The van der Waals surface area contributed by atoms with Crippen LogP contribution in [0.25, 0.3) is 11.1 Å². The molecule has 1 aromatic carbocycles. The number of pyridine rings is 1. The van der Waals surface area contributed by atoms with Crippen LogP contribution in [0.4, 0.5) is 10.6 Å². The highest BCUT2D eigenvalue weighted by Crippen LogP contribution is 2.48. The highest BCUT2D eigenvalue weighted by atomic mass is 35.5. The van der Waals surface area contributed by atoms with Gasteiger partial charge in [-0.25, -0.2) is 9.78 Å². The summed E-state index contributed by atoms with van der Waals surface area (Å²) in [6.07, 6.45) is 0.186. The maximum Gasteiger partial charge on any atom is 0.412 e. The first-order chi connectivity index (χ1) is 14.6. The third-order valence-electron chi connectivity index (χ3n) is 4.71. The van der Waals surface area contributed by atoms with E-state index < -0.39 is 11.6 Å². The highest BCUT2D eigenvalue weighted by Gasteiger charge is 2.28. The van der Waals surface area contributed by atoms with Gasteiger partial charge in [0.15, 0.2) is 16.7 Å².